The summed E-state index contributed by atoms with van der Waals surface area (Å²) in [6.07, 6.45) is 2.30. The summed E-state index contributed by atoms with van der Waals surface area (Å²) in [5, 5.41) is 0. The second kappa shape index (κ2) is 4.95. The molecule has 1 heterocycles. The number of rotatable bonds is 1. The van der Waals surface area contributed by atoms with E-state index in [9.17, 15) is 9.59 Å². The Labute approximate surface area is 101 Å². The highest BCUT2D eigenvalue weighted by Gasteiger charge is 2.22. The maximum absolute atomic E-state index is 11.8. The lowest BCUT2D eigenvalue weighted by Crippen LogP contribution is -2.38. The molecule has 0 aromatic heterocycles. The Balaban J connectivity index is 2.21. The van der Waals surface area contributed by atoms with Crippen LogP contribution >= 0.6 is 0 Å². The summed E-state index contributed by atoms with van der Waals surface area (Å²) >= 11 is 0. The molecule has 1 aromatic carbocycles. The Morgan fingerprint density at radius 1 is 1.29 bits per heavy atom. The van der Waals surface area contributed by atoms with Crippen molar-refractivity contribution >= 4 is 17.8 Å². The molecule has 0 unspecified atom stereocenters. The number of benzene rings is 1. The van der Waals surface area contributed by atoms with Gasteiger partial charge >= 0.3 is 0 Å². The molecule has 88 valence electrons. The Morgan fingerprint density at radius 3 is 2.65 bits per heavy atom. The quantitative estimate of drug-likeness (QED) is 0.690. The SMILES string of the molecule is CC(=O)N1CCC(=O)/C(=C/c2ccccc2)C1. The number of piperidine rings is 1. The maximum Gasteiger partial charge on any atom is 0.219 e. The van der Waals surface area contributed by atoms with Gasteiger partial charge in [-0.25, -0.2) is 0 Å². The second-order valence-corrected chi connectivity index (χ2v) is 4.19. The van der Waals surface area contributed by atoms with E-state index >= 15 is 0 Å². The normalized spacial score (nSPS) is 18.5. The summed E-state index contributed by atoms with van der Waals surface area (Å²) in [6.45, 7) is 2.51. The van der Waals surface area contributed by atoms with Crippen LogP contribution in [0.15, 0.2) is 35.9 Å². The maximum atomic E-state index is 11.8. The van der Waals surface area contributed by atoms with Crippen LogP contribution in [0, 0.1) is 0 Å². The lowest BCUT2D eigenvalue weighted by atomic mass is 10.0. The molecule has 1 aromatic rings. The number of Topliss-reactive ketones (excluding diaryl/α,β-unsaturated/α-hetero) is 1. The van der Waals surface area contributed by atoms with Crippen LogP contribution in [0.1, 0.15) is 18.9 Å². The van der Waals surface area contributed by atoms with E-state index in [4.69, 9.17) is 0 Å². The van der Waals surface area contributed by atoms with Crippen LogP contribution in [0.4, 0.5) is 0 Å². The molecule has 0 radical (unpaired) electrons. The van der Waals surface area contributed by atoms with E-state index in [1.165, 1.54) is 6.92 Å². The minimum absolute atomic E-state index is 0.0245. The Morgan fingerprint density at radius 2 is 2.00 bits per heavy atom. The van der Waals surface area contributed by atoms with Gasteiger partial charge in [-0.15, -0.1) is 0 Å². The monoisotopic (exact) mass is 229 g/mol. The predicted octanol–water partition coefficient (Wildman–Crippen LogP) is 1.89. The van der Waals surface area contributed by atoms with Crippen molar-refractivity contribution in [2.24, 2.45) is 0 Å². The van der Waals surface area contributed by atoms with Gasteiger partial charge in [0.2, 0.25) is 5.91 Å². The molecule has 0 aliphatic carbocycles. The fourth-order valence-corrected chi connectivity index (χ4v) is 1.92. The molecule has 2 rings (SSSR count). The highest BCUT2D eigenvalue weighted by molar-refractivity contribution is 6.01. The minimum Gasteiger partial charge on any atom is -0.338 e. The van der Waals surface area contributed by atoms with Gasteiger partial charge in [0.05, 0.1) is 0 Å². The van der Waals surface area contributed by atoms with Crippen molar-refractivity contribution in [2.45, 2.75) is 13.3 Å². The standard InChI is InChI=1S/C14H15NO2/c1-11(16)15-8-7-14(17)13(10-15)9-12-5-3-2-4-6-12/h2-6,9H,7-8,10H2,1H3/b13-9+. The van der Waals surface area contributed by atoms with E-state index in [0.29, 0.717) is 19.5 Å². The molecule has 0 bridgehead atoms. The molecule has 0 atom stereocenters. The van der Waals surface area contributed by atoms with Gasteiger partial charge in [0.1, 0.15) is 0 Å². The second-order valence-electron chi connectivity index (χ2n) is 4.19. The van der Waals surface area contributed by atoms with Gasteiger partial charge in [-0.3, -0.25) is 9.59 Å². The summed E-state index contributed by atoms with van der Waals surface area (Å²) in [4.78, 5) is 24.8. The number of ketones is 1. The summed E-state index contributed by atoms with van der Waals surface area (Å²) in [6, 6.07) is 9.71. The van der Waals surface area contributed by atoms with E-state index in [1.54, 1.807) is 4.90 Å². The molecular weight excluding hydrogens is 214 g/mol. The molecule has 17 heavy (non-hydrogen) atoms. The Bertz CT molecular complexity index is 462. The lowest BCUT2D eigenvalue weighted by molar-refractivity contribution is -0.130. The molecule has 3 nitrogen and oxygen atoms in total. The van der Waals surface area contributed by atoms with E-state index in [-0.39, 0.29) is 11.7 Å². The number of carbonyl (C=O) groups is 2. The van der Waals surface area contributed by atoms with E-state index < -0.39 is 0 Å². The fraction of sp³-hybridized carbons (Fsp3) is 0.286. The highest BCUT2D eigenvalue weighted by Crippen LogP contribution is 2.15. The molecule has 1 amide bonds. The molecule has 1 fully saturated rings. The van der Waals surface area contributed by atoms with Crippen molar-refractivity contribution in [3.63, 3.8) is 0 Å². The molecule has 0 spiro atoms. The molecule has 0 saturated carbocycles. The van der Waals surface area contributed by atoms with Crippen molar-refractivity contribution in [3.05, 3.63) is 41.5 Å². The van der Waals surface area contributed by atoms with E-state index in [2.05, 4.69) is 0 Å². The van der Waals surface area contributed by atoms with Crippen molar-refractivity contribution in [2.75, 3.05) is 13.1 Å². The summed E-state index contributed by atoms with van der Waals surface area (Å²) in [7, 11) is 0. The number of hydrogen-bond acceptors (Lipinski definition) is 2. The first-order valence-corrected chi connectivity index (χ1v) is 5.71. The van der Waals surface area contributed by atoms with Gasteiger partial charge in [-0.05, 0) is 11.6 Å². The fourth-order valence-electron chi connectivity index (χ4n) is 1.92. The minimum atomic E-state index is 0.0245. The first kappa shape index (κ1) is 11.6. The number of amides is 1. The van der Waals surface area contributed by atoms with Crippen LogP contribution in [0.5, 0.6) is 0 Å². The molecule has 0 N–H and O–H groups in total. The average Bonchev–Trinajstić information content (AvgIpc) is 2.33. The summed E-state index contributed by atoms with van der Waals surface area (Å²) < 4.78 is 0. The zero-order valence-electron chi connectivity index (χ0n) is 9.85. The molecule has 1 aliphatic rings. The highest BCUT2D eigenvalue weighted by atomic mass is 16.2. The number of carbonyl (C=O) groups excluding carboxylic acids is 2. The third-order valence-corrected chi connectivity index (χ3v) is 2.91. The zero-order valence-corrected chi connectivity index (χ0v) is 9.85. The van der Waals surface area contributed by atoms with Crippen molar-refractivity contribution < 1.29 is 9.59 Å². The van der Waals surface area contributed by atoms with Gasteiger partial charge in [0.15, 0.2) is 5.78 Å². The first-order valence-electron chi connectivity index (χ1n) is 5.71. The molecular formula is C14H15NO2. The van der Waals surface area contributed by atoms with Crippen LogP contribution in [-0.4, -0.2) is 29.7 Å². The largest absolute Gasteiger partial charge is 0.338 e. The van der Waals surface area contributed by atoms with Crippen LogP contribution in [-0.2, 0) is 9.59 Å². The third kappa shape index (κ3) is 2.81. The Kier molecular flexibility index (Phi) is 3.38. The number of likely N-dealkylation sites (tertiary alicyclic amines) is 1. The smallest absolute Gasteiger partial charge is 0.219 e. The van der Waals surface area contributed by atoms with Crippen molar-refractivity contribution in [3.8, 4) is 0 Å². The van der Waals surface area contributed by atoms with Gasteiger partial charge in [0.25, 0.3) is 0 Å². The van der Waals surface area contributed by atoms with Gasteiger partial charge in [-0.2, -0.15) is 0 Å². The first-order chi connectivity index (χ1) is 8.16. The van der Waals surface area contributed by atoms with Crippen molar-refractivity contribution in [1.29, 1.82) is 0 Å². The number of nitrogens with zero attached hydrogens (tertiary/aromatic N) is 1. The third-order valence-electron chi connectivity index (χ3n) is 2.91. The van der Waals surface area contributed by atoms with E-state index in [0.717, 1.165) is 11.1 Å². The van der Waals surface area contributed by atoms with Gasteiger partial charge in [0, 0.05) is 32.0 Å². The summed E-state index contributed by atoms with van der Waals surface area (Å²) in [5.74, 6) is 0.169. The predicted molar refractivity (Wildman–Crippen MR) is 66.3 cm³/mol. The Hall–Kier alpha value is -1.90. The van der Waals surface area contributed by atoms with E-state index in [1.807, 2.05) is 36.4 Å². The van der Waals surface area contributed by atoms with Gasteiger partial charge < -0.3 is 4.90 Å². The van der Waals surface area contributed by atoms with Crippen LogP contribution in [0.3, 0.4) is 0 Å². The van der Waals surface area contributed by atoms with Gasteiger partial charge in [-0.1, -0.05) is 30.3 Å². The summed E-state index contributed by atoms with van der Waals surface area (Å²) in [5.41, 5.74) is 1.72. The average molecular weight is 229 g/mol. The zero-order chi connectivity index (χ0) is 12.3. The van der Waals surface area contributed by atoms with Crippen molar-refractivity contribution in [1.82, 2.24) is 4.90 Å². The molecule has 1 aliphatic heterocycles. The number of hydrogen-bond donors (Lipinski definition) is 0. The lowest BCUT2D eigenvalue weighted by Gasteiger charge is -2.26. The molecule has 1 saturated heterocycles. The topological polar surface area (TPSA) is 37.4 Å². The van der Waals surface area contributed by atoms with Crippen LogP contribution in [0.2, 0.25) is 0 Å². The molecule has 3 heteroatoms. The van der Waals surface area contributed by atoms with Crippen LogP contribution < -0.4 is 0 Å². The van der Waals surface area contributed by atoms with Crippen LogP contribution in [0.25, 0.3) is 6.08 Å².